The summed E-state index contributed by atoms with van der Waals surface area (Å²) in [5.41, 5.74) is 16.7. The van der Waals surface area contributed by atoms with Gasteiger partial charge in [0.1, 0.15) is 11.6 Å². The van der Waals surface area contributed by atoms with Crippen molar-refractivity contribution in [1.82, 2.24) is 9.13 Å². The highest BCUT2D eigenvalue weighted by Gasteiger charge is 2.53. The molecule has 0 N–H and O–H groups in total. The van der Waals surface area contributed by atoms with Crippen LogP contribution in [-0.4, -0.2) is 17.2 Å². The van der Waals surface area contributed by atoms with Crippen LogP contribution in [-0.2, 0) is 10.8 Å². The van der Waals surface area contributed by atoms with E-state index in [-0.39, 0.29) is 10.8 Å². The highest BCUT2D eigenvalue weighted by atomic mass is 28.3. The van der Waals surface area contributed by atoms with Gasteiger partial charge in [0.05, 0.1) is 33.4 Å². The minimum atomic E-state index is -2.61. The average molecular weight is 876 g/mol. The molecule has 0 unspecified atom stereocenters. The first kappa shape index (κ1) is 39.6. The number of nitriles is 1. The summed E-state index contributed by atoms with van der Waals surface area (Å²) in [6, 6.07) is 73.3. The molecule has 2 aromatic heterocycles. The van der Waals surface area contributed by atoms with E-state index in [1.165, 1.54) is 75.7 Å². The van der Waals surface area contributed by atoms with Crippen LogP contribution in [0.4, 0.5) is 0 Å². The number of aromatic nitrogens is 2. The van der Waals surface area contributed by atoms with Gasteiger partial charge in [-0.25, -0.2) is 0 Å². The van der Waals surface area contributed by atoms with Crippen LogP contribution in [0.1, 0.15) is 58.2 Å². The van der Waals surface area contributed by atoms with Gasteiger partial charge in [0.25, 0.3) is 0 Å². The maximum Gasteiger partial charge on any atom is 0.182 e. The molecule has 4 heteroatoms. The van der Waals surface area contributed by atoms with Crippen LogP contribution in [0.5, 0.6) is 0 Å². The number of hydrogen-bond donors (Lipinski definition) is 0. The monoisotopic (exact) mass is 875 g/mol. The lowest BCUT2D eigenvalue weighted by atomic mass is 9.86. The Bertz CT molecular complexity index is 3770. The fraction of sp³-hybridized carbons (Fsp3) is 0.127. The highest BCUT2D eigenvalue weighted by molar-refractivity contribution is 7.24. The number of hydrogen-bond acceptors (Lipinski definition) is 1. The van der Waals surface area contributed by atoms with Crippen LogP contribution < -0.4 is 20.7 Å². The van der Waals surface area contributed by atoms with Gasteiger partial charge in [-0.3, -0.25) is 0 Å². The van der Waals surface area contributed by atoms with Crippen LogP contribution in [0, 0.1) is 11.3 Å². The third-order valence-corrected chi connectivity index (χ3v) is 20.1. The zero-order valence-electron chi connectivity index (χ0n) is 38.7. The van der Waals surface area contributed by atoms with Gasteiger partial charge in [0.15, 0.2) is 8.07 Å². The molecule has 0 atom stereocenters. The van der Waals surface area contributed by atoms with Crippen molar-refractivity contribution in [2.24, 2.45) is 0 Å². The first-order valence-corrected chi connectivity index (χ1v) is 25.6. The largest absolute Gasteiger partial charge is 0.308 e. The first-order valence-electron chi connectivity index (χ1n) is 23.6. The molecule has 0 bridgehead atoms. The topological polar surface area (TPSA) is 33.6 Å². The molecule has 9 aromatic carbocycles. The quantitative estimate of drug-likeness (QED) is 0.163. The normalized spacial score (nSPS) is 13.6. The van der Waals surface area contributed by atoms with Crippen LogP contribution in [0.15, 0.2) is 188 Å². The number of para-hydroxylation sites is 2. The summed E-state index contributed by atoms with van der Waals surface area (Å²) in [4.78, 5) is 0. The molecule has 2 aliphatic rings. The number of rotatable bonds is 3. The van der Waals surface area contributed by atoms with Gasteiger partial charge in [-0.1, -0.05) is 175 Å². The molecule has 0 saturated carbocycles. The minimum Gasteiger partial charge on any atom is -0.308 e. The lowest BCUT2D eigenvalue weighted by molar-refractivity contribution is 0.591. The second kappa shape index (κ2) is 13.9. The molecular formula is C63H49N3Si. The number of fused-ring (bicyclic) bond motifs is 16. The van der Waals surface area contributed by atoms with Crippen LogP contribution >= 0.6 is 0 Å². The van der Waals surface area contributed by atoms with Gasteiger partial charge in [-0.15, -0.1) is 0 Å². The third kappa shape index (κ3) is 5.44. The Kier molecular flexibility index (Phi) is 8.23. The molecule has 67 heavy (non-hydrogen) atoms. The molecular weight excluding hydrogens is 827 g/mol. The molecule has 11 aromatic rings. The van der Waals surface area contributed by atoms with E-state index in [9.17, 15) is 5.26 Å². The molecule has 0 fully saturated rings. The maximum atomic E-state index is 11.7. The first-order chi connectivity index (χ1) is 32.5. The molecule has 3 nitrogen and oxygen atoms in total. The summed E-state index contributed by atoms with van der Waals surface area (Å²) in [5.74, 6) is 0. The number of benzene rings is 9. The minimum absolute atomic E-state index is 0.0258. The zero-order chi connectivity index (χ0) is 45.6. The lowest BCUT2D eigenvalue weighted by Gasteiger charge is -2.27. The van der Waals surface area contributed by atoms with Crippen LogP contribution in [0.25, 0.3) is 88.4 Å². The van der Waals surface area contributed by atoms with E-state index in [0.29, 0.717) is 5.56 Å². The Morgan fingerprint density at radius 3 is 1.24 bits per heavy atom. The predicted molar refractivity (Wildman–Crippen MR) is 284 cm³/mol. The van der Waals surface area contributed by atoms with Crippen molar-refractivity contribution < 1.29 is 0 Å². The summed E-state index contributed by atoms with van der Waals surface area (Å²) in [6.07, 6.45) is 0. The van der Waals surface area contributed by atoms with Crippen molar-refractivity contribution in [2.45, 2.75) is 52.4 Å². The van der Waals surface area contributed by atoms with E-state index in [1.54, 1.807) is 0 Å². The van der Waals surface area contributed by atoms with E-state index in [4.69, 9.17) is 0 Å². The van der Waals surface area contributed by atoms with E-state index in [0.717, 1.165) is 44.6 Å². The summed E-state index contributed by atoms with van der Waals surface area (Å²) in [7, 11) is -2.61. The Morgan fingerprint density at radius 2 is 0.776 bits per heavy atom. The molecule has 0 saturated heterocycles. The standard InChI is InChI=1S/C63H49N3Si/c1-62(2,3)41-28-30-54-48(36-41)43-17-7-12-22-52(43)65(54)56-34-40(35-57(51(56)38-64)66-53-23-13-8-18-44(53)49-37-42(63(4,5)6)29-31-55(49)66)39-27-32-61-50(33-39)47-21-11-16-26-60(47)67(61)58-24-14-9-19-45(58)46-20-10-15-25-59(46)67/h7-37H,1-6H3. The fourth-order valence-corrected chi connectivity index (χ4v) is 17.5. The fourth-order valence-electron chi connectivity index (χ4n) is 11.9. The molecule has 2 aliphatic heterocycles. The zero-order valence-corrected chi connectivity index (χ0v) is 39.7. The molecule has 13 rings (SSSR count). The van der Waals surface area contributed by atoms with E-state index in [1.807, 2.05) is 0 Å². The SMILES string of the molecule is CC(C)(C)c1ccc2c(c1)c1ccccc1n2-c1cc(-c2ccc3c(c2)-c2ccccc2[Si]32c3ccccc3-c3ccccc32)cc(-n2c3ccccc3c3cc(C(C)(C)C)ccc32)c1C#N. The summed E-state index contributed by atoms with van der Waals surface area (Å²) in [5, 5.41) is 22.3. The Labute approximate surface area is 392 Å². The Balaban J connectivity index is 1.13. The van der Waals surface area contributed by atoms with Gasteiger partial charge in [-0.05, 0) is 131 Å². The molecule has 0 amide bonds. The van der Waals surface area contributed by atoms with E-state index in [2.05, 4.69) is 245 Å². The second-order valence-corrected chi connectivity index (χ2v) is 24.5. The summed E-state index contributed by atoms with van der Waals surface area (Å²) >= 11 is 0. The summed E-state index contributed by atoms with van der Waals surface area (Å²) in [6.45, 7) is 13.6. The van der Waals surface area contributed by atoms with Gasteiger partial charge in [0, 0.05) is 21.5 Å². The third-order valence-electron chi connectivity index (χ3n) is 15.1. The lowest BCUT2D eigenvalue weighted by Crippen LogP contribution is -2.70. The molecule has 4 heterocycles. The molecule has 320 valence electrons. The number of nitrogens with zero attached hydrogens (tertiary/aromatic N) is 3. The average Bonchev–Trinajstić information content (AvgIpc) is 4.04. The highest BCUT2D eigenvalue weighted by Crippen LogP contribution is 2.43. The maximum absolute atomic E-state index is 11.7. The van der Waals surface area contributed by atoms with Crippen LogP contribution in [0.2, 0.25) is 0 Å². The van der Waals surface area contributed by atoms with Gasteiger partial charge in [0.2, 0.25) is 0 Å². The van der Waals surface area contributed by atoms with Crippen molar-refractivity contribution in [1.29, 1.82) is 5.26 Å². The predicted octanol–water partition coefficient (Wildman–Crippen LogP) is 13.4. The molecule has 0 aliphatic carbocycles. The van der Waals surface area contributed by atoms with Gasteiger partial charge >= 0.3 is 0 Å². The van der Waals surface area contributed by atoms with E-state index >= 15 is 0 Å². The van der Waals surface area contributed by atoms with E-state index < -0.39 is 8.07 Å². The van der Waals surface area contributed by atoms with Gasteiger partial charge in [-0.2, -0.15) is 5.26 Å². The molecule has 1 spiro atoms. The Hall–Kier alpha value is -7.71. The smallest absolute Gasteiger partial charge is 0.182 e. The van der Waals surface area contributed by atoms with Crippen molar-refractivity contribution in [3.05, 3.63) is 205 Å². The van der Waals surface area contributed by atoms with Crippen molar-refractivity contribution >= 4 is 72.4 Å². The Morgan fingerprint density at radius 1 is 0.373 bits per heavy atom. The summed E-state index contributed by atoms with van der Waals surface area (Å²) < 4.78 is 4.70. The van der Waals surface area contributed by atoms with Crippen LogP contribution in [0.3, 0.4) is 0 Å². The van der Waals surface area contributed by atoms with Crippen molar-refractivity contribution in [3.8, 4) is 50.8 Å². The van der Waals surface area contributed by atoms with Crippen molar-refractivity contribution in [3.63, 3.8) is 0 Å². The molecule has 0 radical (unpaired) electrons. The van der Waals surface area contributed by atoms with Crippen molar-refractivity contribution in [2.75, 3.05) is 0 Å². The second-order valence-electron chi connectivity index (χ2n) is 20.8. The van der Waals surface area contributed by atoms with Gasteiger partial charge < -0.3 is 9.13 Å².